The van der Waals surface area contributed by atoms with Crippen LogP contribution in [0.1, 0.15) is 33.6 Å². The Kier molecular flexibility index (Phi) is 7.11. The maximum absolute atomic E-state index is 8.93. The number of aliphatic hydroxyl groups excluding tert-OH is 1. The minimum Gasteiger partial charge on any atom is -0.393 e. The Morgan fingerprint density at radius 2 is 1.92 bits per heavy atom. The van der Waals surface area contributed by atoms with Crippen LogP contribution < -0.4 is 5.32 Å². The SMILES string of the molecule is CC(O)C/C=C/CCNC(C)C. The van der Waals surface area contributed by atoms with Gasteiger partial charge in [-0.3, -0.25) is 0 Å². The predicted molar refractivity (Wildman–Crippen MR) is 53.2 cm³/mol. The summed E-state index contributed by atoms with van der Waals surface area (Å²) in [5.41, 5.74) is 0. The maximum Gasteiger partial charge on any atom is 0.0546 e. The van der Waals surface area contributed by atoms with Gasteiger partial charge in [-0.05, 0) is 26.3 Å². The quantitative estimate of drug-likeness (QED) is 0.471. The fourth-order valence-electron chi connectivity index (χ4n) is 0.866. The molecule has 12 heavy (non-hydrogen) atoms. The second-order valence-electron chi connectivity index (χ2n) is 3.45. The van der Waals surface area contributed by atoms with Crippen LogP contribution in [-0.2, 0) is 0 Å². The van der Waals surface area contributed by atoms with Gasteiger partial charge in [0.15, 0.2) is 0 Å². The van der Waals surface area contributed by atoms with Gasteiger partial charge in [0.2, 0.25) is 0 Å². The van der Waals surface area contributed by atoms with Crippen LogP contribution >= 0.6 is 0 Å². The average molecular weight is 171 g/mol. The molecule has 0 amide bonds. The molecule has 0 aromatic heterocycles. The topological polar surface area (TPSA) is 32.3 Å². The molecule has 0 rings (SSSR count). The van der Waals surface area contributed by atoms with Crippen LogP contribution in [0.4, 0.5) is 0 Å². The molecule has 0 saturated heterocycles. The Bertz CT molecular complexity index is 119. The van der Waals surface area contributed by atoms with E-state index < -0.39 is 0 Å². The first-order chi connectivity index (χ1) is 5.63. The van der Waals surface area contributed by atoms with E-state index in [1.165, 1.54) is 0 Å². The summed E-state index contributed by atoms with van der Waals surface area (Å²) in [5.74, 6) is 0. The van der Waals surface area contributed by atoms with E-state index in [9.17, 15) is 0 Å². The Morgan fingerprint density at radius 3 is 2.42 bits per heavy atom. The Hall–Kier alpha value is -0.340. The summed E-state index contributed by atoms with van der Waals surface area (Å²) in [5, 5.41) is 12.3. The largest absolute Gasteiger partial charge is 0.393 e. The van der Waals surface area contributed by atoms with Crippen LogP contribution in [0, 0.1) is 0 Å². The van der Waals surface area contributed by atoms with Gasteiger partial charge in [-0.2, -0.15) is 0 Å². The lowest BCUT2D eigenvalue weighted by atomic mass is 10.2. The molecule has 1 unspecified atom stereocenters. The van der Waals surface area contributed by atoms with Crippen molar-refractivity contribution in [3.05, 3.63) is 12.2 Å². The van der Waals surface area contributed by atoms with Gasteiger partial charge in [0, 0.05) is 6.04 Å². The van der Waals surface area contributed by atoms with Crippen molar-refractivity contribution >= 4 is 0 Å². The first-order valence-electron chi connectivity index (χ1n) is 4.69. The van der Waals surface area contributed by atoms with E-state index in [1.807, 2.05) is 6.08 Å². The van der Waals surface area contributed by atoms with E-state index in [0.29, 0.717) is 6.04 Å². The van der Waals surface area contributed by atoms with Crippen molar-refractivity contribution < 1.29 is 5.11 Å². The van der Waals surface area contributed by atoms with Crippen molar-refractivity contribution in [1.82, 2.24) is 5.32 Å². The normalized spacial score (nSPS) is 14.4. The van der Waals surface area contributed by atoms with Crippen LogP contribution in [0.15, 0.2) is 12.2 Å². The minimum atomic E-state index is -0.209. The van der Waals surface area contributed by atoms with E-state index in [4.69, 9.17) is 5.11 Å². The molecular formula is C10H21NO. The molecule has 0 aromatic rings. The van der Waals surface area contributed by atoms with Crippen LogP contribution in [0.3, 0.4) is 0 Å². The molecule has 2 nitrogen and oxygen atoms in total. The van der Waals surface area contributed by atoms with Crippen molar-refractivity contribution in [3.63, 3.8) is 0 Å². The molecule has 2 N–H and O–H groups in total. The molecule has 0 aliphatic heterocycles. The van der Waals surface area contributed by atoms with E-state index in [2.05, 4.69) is 25.2 Å². The van der Waals surface area contributed by atoms with Gasteiger partial charge in [-0.25, -0.2) is 0 Å². The lowest BCUT2D eigenvalue weighted by Crippen LogP contribution is -2.23. The van der Waals surface area contributed by atoms with Crippen molar-refractivity contribution in [2.75, 3.05) is 6.54 Å². The van der Waals surface area contributed by atoms with Crippen molar-refractivity contribution in [2.24, 2.45) is 0 Å². The number of hydrogen-bond acceptors (Lipinski definition) is 2. The fourth-order valence-corrected chi connectivity index (χ4v) is 0.866. The number of hydrogen-bond donors (Lipinski definition) is 2. The summed E-state index contributed by atoms with van der Waals surface area (Å²) >= 11 is 0. The Balaban J connectivity index is 3.13. The summed E-state index contributed by atoms with van der Waals surface area (Å²) in [7, 11) is 0. The van der Waals surface area contributed by atoms with Gasteiger partial charge < -0.3 is 10.4 Å². The molecule has 0 bridgehead atoms. The number of aliphatic hydroxyl groups is 1. The zero-order chi connectivity index (χ0) is 9.40. The molecule has 0 heterocycles. The highest BCUT2D eigenvalue weighted by Gasteiger charge is 1.90. The minimum absolute atomic E-state index is 0.209. The monoisotopic (exact) mass is 171 g/mol. The summed E-state index contributed by atoms with van der Waals surface area (Å²) in [6.45, 7) is 7.10. The third kappa shape index (κ3) is 9.66. The van der Waals surface area contributed by atoms with Gasteiger partial charge in [-0.15, -0.1) is 0 Å². The molecule has 0 aliphatic carbocycles. The molecule has 0 spiro atoms. The zero-order valence-electron chi connectivity index (χ0n) is 8.38. The van der Waals surface area contributed by atoms with E-state index in [0.717, 1.165) is 19.4 Å². The van der Waals surface area contributed by atoms with Gasteiger partial charge in [0.25, 0.3) is 0 Å². The molecule has 0 saturated carbocycles. The van der Waals surface area contributed by atoms with Crippen molar-refractivity contribution in [3.8, 4) is 0 Å². The Morgan fingerprint density at radius 1 is 1.25 bits per heavy atom. The summed E-state index contributed by atoms with van der Waals surface area (Å²) in [6.07, 6.45) is 5.75. The molecule has 2 heteroatoms. The first kappa shape index (κ1) is 11.7. The fraction of sp³-hybridized carbons (Fsp3) is 0.800. The standard InChI is InChI=1S/C10H21NO/c1-9(2)11-8-6-4-5-7-10(3)12/h4-5,9-12H,6-8H2,1-3H3/b5-4+. The molecule has 0 aromatic carbocycles. The van der Waals surface area contributed by atoms with Gasteiger partial charge in [0.1, 0.15) is 0 Å². The smallest absolute Gasteiger partial charge is 0.0546 e. The third-order valence-electron chi connectivity index (χ3n) is 1.51. The lowest BCUT2D eigenvalue weighted by molar-refractivity contribution is 0.198. The van der Waals surface area contributed by atoms with Crippen LogP contribution in [-0.4, -0.2) is 23.8 Å². The zero-order valence-corrected chi connectivity index (χ0v) is 8.38. The van der Waals surface area contributed by atoms with Crippen molar-refractivity contribution in [1.29, 1.82) is 0 Å². The van der Waals surface area contributed by atoms with Crippen LogP contribution in [0.5, 0.6) is 0 Å². The Labute approximate surface area is 75.7 Å². The molecule has 0 fully saturated rings. The lowest BCUT2D eigenvalue weighted by Gasteiger charge is -2.04. The molecule has 0 aliphatic rings. The summed E-state index contributed by atoms with van der Waals surface area (Å²) in [6, 6.07) is 0.565. The van der Waals surface area contributed by atoms with E-state index >= 15 is 0 Å². The van der Waals surface area contributed by atoms with Gasteiger partial charge in [0.05, 0.1) is 6.10 Å². The summed E-state index contributed by atoms with van der Waals surface area (Å²) in [4.78, 5) is 0. The second-order valence-corrected chi connectivity index (χ2v) is 3.45. The summed E-state index contributed by atoms with van der Waals surface area (Å²) < 4.78 is 0. The van der Waals surface area contributed by atoms with Crippen molar-refractivity contribution in [2.45, 2.75) is 45.8 Å². The average Bonchev–Trinajstić information content (AvgIpc) is 1.95. The number of rotatable bonds is 6. The van der Waals surface area contributed by atoms with Gasteiger partial charge in [-0.1, -0.05) is 26.0 Å². The van der Waals surface area contributed by atoms with Crippen LogP contribution in [0.25, 0.3) is 0 Å². The third-order valence-corrected chi connectivity index (χ3v) is 1.51. The molecule has 1 atom stereocenters. The molecular weight excluding hydrogens is 150 g/mol. The van der Waals surface area contributed by atoms with E-state index in [1.54, 1.807) is 6.92 Å². The highest BCUT2D eigenvalue weighted by atomic mass is 16.3. The van der Waals surface area contributed by atoms with Gasteiger partial charge >= 0.3 is 0 Å². The van der Waals surface area contributed by atoms with E-state index in [-0.39, 0.29) is 6.10 Å². The number of nitrogens with one attached hydrogen (secondary N) is 1. The highest BCUT2D eigenvalue weighted by molar-refractivity contribution is 4.83. The van der Waals surface area contributed by atoms with Crippen LogP contribution in [0.2, 0.25) is 0 Å². The second kappa shape index (κ2) is 7.32. The first-order valence-corrected chi connectivity index (χ1v) is 4.69. The molecule has 0 radical (unpaired) electrons. The highest BCUT2D eigenvalue weighted by Crippen LogP contribution is 1.92. The maximum atomic E-state index is 8.93. The molecule has 72 valence electrons. The predicted octanol–water partition coefficient (Wildman–Crippen LogP) is 1.70.